The summed E-state index contributed by atoms with van der Waals surface area (Å²) in [6, 6.07) is 0. The van der Waals surface area contributed by atoms with Crippen LogP contribution in [0.25, 0.3) is 11.2 Å². The van der Waals surface area contributed by atoms with Gasteiger partial charge in [0.05, 0.1) is 6.33 Å². The maximum absolute atomic E-state index is 5.85. The average Bonchev–Trinajstić information content (AvgIpc) is 2.87. The van der Waals surface area contributed by atoms with Gasteiger partial charge in [0.1, 0.15) is 10.5 Å². The molecule has 3 aromatic rings. The summed E-state index contributed by atoms with van der Waals surface area (Å²) in [4.78, 5) is 19.7. The number of aromatic nitrogens is 5. The van der Waals surface area contributed by atoms with E-state index in [2.05, 4.69) is 24.9 Å². The first kappa shape index (κ1) is 10.9. The molecule has 0 aliphatic rings. The molecule has 17 heavy (non-hydrogen) atoms. The van der Waals surface area contributed by atoms with E-state index in [1.807, 2.05) is 12.3 Å². The van der Waals surface area contributed by atoms with Crippen molar-refractivity contribution in [3.8, 4) is 0 Å². The third-order valence-corrected chi connectivity index (χ3v) is 4.22. The van der Waals surface area contributed by atoms with Crippen molar-refractivity contribution >= 4 is 45.9 Å². The molecule has 0 saturated carbocycles. The highest BCUT2D eigenvalue weighted by atomic mass is 35.5. The Morgan fingerprint density at radius 1 is 1.35 bits per heavy atom. The van der Waals surface area contributed by atoms with Crippen molar-refractivity contribution < 1.29 is 0 Å². The van der Waals surface area contributed by atoms with E-state index in [0.29, 0.717) is 5.65 Å². The highest BCUT2D eigenvalue weighted by Gasteiger charge is 2.11. The zero-order valence-corrected chi connectivity index (χ0v) is 11.0. The molecule has 0 atom stereocenters. The molecule has 0 aromatic carbocycles. The lowest BCUT2D eigenvalue weighted by Crippen LogP contribution is -1.88. The predicted octanol–water partition coefficient (Wildman–Crippen LogP) is 2.92. The van der Waals surface area contributed by atoms with Crippen molar-refractivity contribution in [2.75, 3.05) is 0 Å². The second-order valence-electron chi connectivity index (χ2n) is 3.26. The summed E-state index contributed by atoms with van der Waals surface area (Å²) in [7, 11) is 0. The molecule has 0 radical (unpaired) electrons. The molecular formula is C9H6ClN5S2. The van der Waals surface area contributed by atoms with E-state index in [1.165, 1.54) is 11.8 Å². The second kappa shape index (κ2) is 4.25. The van der Waals surface area contributed by atoms with Crippen LogP contribution in [-0.2, 0) is 0 Å². The summed E-state index contributed by atoms with van der Waals surface area (Å²) in [5.74, 6) is 0. The van der Waals surface area contributed by atoms with E-state index in [1.54, 1.807) is 17.7 Å². The Morgan fingerprint density at radius 2 is 2.24 bits per heavy atom. The highest BCUT2D eigenvalue weighted by Crippen LogP contribution is 2.32. The topological polar surface area (TPSA) is 67.3 Å². The van der Waals surface area contributed by atoms with Gasteiger partial charge < -0.3 is 4.98 Å². The molecule has 8 heteroatoms. The number of thiazole rings is 1. The number of rotatable bonds is 2. The number of imidazole rings is 1. The standard InChI is InChI=1S/C9H6ClN5S2/c1-4-2-16-9(13-4)17-7-5-6(12-3-11-5)14-8(10)15-7/h2-3H,1H3,(H,11,12,14,15). The van der Waals surface area contributed by atoms with Crippen molar-refractivity contribution in [3.05, 3.63) is 22.7 Å². The van der Waals surface area contributed by atoms with E-state index >= 15 is 0 Å². The van der Waals surface area contributed by atoms with E-state index < -0.39 is 0 Å². The van der Waals surface area contributed by atoms with Crippen molar-refractivity contribution in [2.45, 2.75) is 16.3 Å². The number of H-pyrrole nitrogens is 1. The summed E-state index contributed by atoms with van der Waals surface area (Å²) in [6.45, 7) is 1.96. The maximum atomic E-state index is 5.85. The van der Waals surface area contributed by atoms with Crippen LogP contribution in [0.5, 0.6) is 0 Å². The van der Waals surface area contributed by atoms with Crippen LogP contribution < -0.4 is 0 Å². The molecule has 0 aliphatic heterocycles. The largest absolute Gasteiger partial charge is 0.341 e. The third kappa shape index (κ3) is 2.13. The summed E-state index contributed by atoms with van der Waals surface area (Å²) in [5.41, 5.74) is 2.35. The smallest absolute Gasteiger partial charge is 0.225 e. The van der Waals surface area contributed by atoms with Crippen molar-refractivity contribution in [3.63, 3.8) is 0 Å². The lowest BCUT2D eigenvalue weighted by molar-refractivity contribution is 1.08. The molecule has 1 N–H and O–H groups in total. The normalized spacial score (nSPS) is 11.2. The lowest BCUT2D eigenvalue weighted by atomic mass is 10.6. The monoisotopic (exact) mass is 283 g/mol. The number of aryl methyl sites for hydroxylation is 1. The number of nitrogens with one attached hydrogen (secondary N) is 1. The molecule has 86 valence electrons. The molecule has 3 aromatic heterocycles. The molecule has 0 saturated heterocycles. The van der Waals surface area contributed by atoms with E-state index in [9.17, 15) is 0 Å². The fourth-order valence-electron chi connectivity index (χ4n) is 1.32. The fourth-order valence-corrected chi connectivity index (χ4v) is 3.37. The van der Waals surface area contributed by atoms with E-state index in [-0.39, 0.29) is 5.28 Å². The van der Waals surface area contributed by atoms with Crippen LogP contribution in [0.4, 0.5) is 0 Å². The minimum atomic E-state index is 0.195. The van der Waals surface area contributed by atoms with Crippen LogP contribution in [-0.4, -0.2) is 24.9 Å². The van der Waals surface area contributed by atoms with Crippen molar-refractivity contribution in [1.29, 1.82) is 0 Å². The van der Waals surface area contributed by atoms with Crippen LogP contribution >= 0.6 is 34.7 Å². The summed E-state index contributed by atoms with van der Waals surface area (Å²) >= 11 is 8.88. The Balaban J connectivity index is 2.07. The van der Waals surface area contributed by atoms with Crippen LogP contribution in [0.2, 0.25) is 5.28 Å². The Labute approximate surface area is 110 Å². The van der Waals surface area contributed by atoms with Gasteiger partial charge in [-0.2, -0.15) is 4.98 Å². The second-order valence-corrected chi connectivity index (χ2v) is 5.69. The van der Waals surface area contributed by atoms with Gasteiger partial charge in [0.15, 0.2) is 9.99 Å². The Morgan fingerprint density at radius 3 is 3.00 bits per heavy atom. The molecule has 0 unspecified atom stereocenters. The number of fused-ring (bicyclic) bond motifs is 1. The zero-order chi connectivity index (χ0) is 11.8. The maximum Gasteiger partial charge on any atom is 0.225 e. The number of hydrogen-bond donors (Lipinski definition) is 1. The molecule has 0 spiro atoms. The molecule has 5 nitrogen and oxygen atoms in total. The van der Waals surface area contributed by atoms with Gasteiger partial charge in [-0.1, -0.05) is 0 Å². The van der Waals surface area contributed by atoms with Gasteiger partial charge in [-0.05, 0) is 30.3 Å². The predicted molar refractivity (Wildman–Crippen MR) is 67.7 cm³/mol. The van der Waals surface area contributed by atoms with Crippen LogP contribution in [0, 0.1) is 6.92 Å². The highest BCUT2D eigenvalue weighted by molar-refractivity contribution is 8.01. The van der Waals surface area contributed by atoms with Gasteiger partial charge in [0.2, 0.25) is 5.28 Å². The summed E-state index contributed by atoms with van der Waals surface area (Å²) in [6.07, 6.45) is 1.58. The minimum absolute atomic E-state index is 0.195. The quantitative estimate of drug-likeness (QED) is 0.578. The summed E-state index contributed by atoms with van der Waals surface area (Å²) < 4.78 is 0.924. The number of halogens is 1. The zero-order valence-electron chi connectivity index (χ0n) is 8.64. The fraction of sp³-hybridized carbons (Fsp3) is 0.111. The number of aromatic amines is 1. The third-order valence-electron chi connectivity index (χ3n) is 2.01. The average molecular weight is 284 g/mol. The molecule has 0 fully saturated rings. The van der Waals surface area contributed by atoms with E-state index in [0.717, 1.165) is 20.6 Å². The molecule has 3 heterocycles. The van der Waals surface area contributed by atoms with E-state index in [4.69, 9.17) is 11.6 Å². The first-order valence-corrected chi connectivity index (χ1v) is 6.76. The van der Waals surface area contributed by atoms with Gasteiger partial charge in [0, 0.05) is 11.1 Å². The lowest BCUT2D eigenvalue weighted by Gasteiger charge is -1.98. The number of nitrogens with zero attached hydrogens (tertiary/aromatic N) is 4. The molecule has 0 bridgehead atoms. The molecular weight excluding hydrogens is 278 g/mol. The first-order chi connectivity index (χ1) is 8.22. The van der Waals surface area contributed by atoms with Crippen molar-refractivity contribution in [2.24, 2.45) is 0 Å². The van der Waals surface area contributed by atoms with Crippen LogP contribution in [0.15, 0.2) is 21.1 Å². The Hall–Kier alpha value is -1.18. The molecule has 0 amide bonds. The summed E-state index contributed by atoms with van der Waals surface area (Å²) in [5, 5.41) is 2.93. The first-order valence-electron chi connectivity index (χ1n) is 4.69. The minimum Gasteiger partial charge on any atom is -0.341 e. The van der Waals surface area contributed by atoms with Crippen LogP contribution in [0.3, 0.4) is 0 Å². The molecule has 0 aliphatic carbocycles. The number of hydrogen-bond acceptors (Lipinski definition) is 6. The van der Waals surface area contributed by atoms with Gasteiger partial charge in [-0.25, -0.2) is 15.0 Å². The van der Waals surface area contributed by atoms with Gasteiger partial charge in [-0.3, -0.25) is 0 Å². The van der Waals surface area contributed by atoms with Crippen molar-refractivity contribution in [1.82, 2.24) is 24.9 Å². The van der Waals surface area contributed by atoms with Gasteiger partial charge in [-0.15, -0.1) is 11.3 Å². The van der Waals surface area contributed by atoms with Gasteiger partial charge >= 0.3 is 0 Å². The van der Waals surface area contributed by atoms with Crippen LogP contribution in [0.1, 0.15) is 5.69 Å². The SMILES string of the molecule is Cc1csc(Sc2nc(Cl)nc3nc[nH]c23)n1. The Kier molecular flexibility index (Phi) is 2.73. The molecule has 3 rings (SSSR count). The van der Waals surface area contributed by atoms with Gasteiger partial charge in [0.25, 0.3) is 0 Å². The Bertz CT molecular complexity index is 677.